The minimum atomic E-state index is -5.10. The summed E-state index contributed by atoms with van der Waals surface area (Å²) < 4.78 is 43.0. The average Bonchev–Trinajstić information content (AvgIpc) is 2.53. The predicted molar refractivity (Wildman–Crippen MR) is 86.8 cm³/mol. The average molecular weight is 385 g/mol. The summed E-state index contributed by atoms with van der Waals surface area (Å²) in [6.45, 7) is 6.95. The van der Waals surface area contributed by atoms with E-state index in [-0.39, 0.29) is 6.42 Å². The van der Waals surface area contributed by atoms with E-state index < -0.39 is 48.0 Å². The molecule has 6 nitrogen and oxygen atoms in total. The number of amides is 1. The number of hydrogen-bond acceptors (Lipinski definition) is 6. The zero-order valence-corrected chi connectivity index (χ0v) is 14.2. The van der Waals surface area contributed by atoms with Crippen molar-refractivity contribution < 1.29 is 38.0 Å². The molecule has 0 aromatic carbocycles. The number of aliphatic hydroxyl groups excluding tert-OH is 3. The van der Waals surface area contributed by atoms with Crippen molar-refractivity contribution in [1.82, 2.24) is 5.32 Å². The van der Waals surface area contributed by atoms with E-state index in [0.29, 0.717) is 12.2 Å². The highest BCUT2D eigenvalue weighted by Gasteiger charge is 2.48. The van der Waals surface area contributed by atoms with Gasteiger partial charge < -0.3 is 25.4 Å². The van der Waals surface area contributed by atoms with Gasteiger partial charge in [0, 0.05) is 0 Å². The predicted octanol–water partition coefficient (Wildman–Crippen LogP) is 0.726. The maximum atomic E-state index is 12.5. The molecule has 1 aliphatic rings. The van der Waals surface area contributed by atoms with Gasteiger partial charge in [0.05, 0.1) is 6.04 Å². The van der Waals surface area contributed by atoms with Gasteiger partial charge in [0.2, 0.25) is 0 Å². The summed E-state index contributed by atoms with van der Waals surface area (Å²) >= 11 is 1.12. The third-order valence-electron chi connectivity index (χ3n) is 3.60. The number of nitrogens with one attached hydrogen (secondary N) is 1. The van der Waals surface area contributed by atoms with E-state index in [9.17, 15) is 33.3 Å². The van der Waals surface area contributed by atoms with Crippen LogP contribution in [0.1, 0.15) is 12.8 Å². The highest BCUT2D eigenvalue weighted by molar-refractivity contribution is 7.99. The zero-order valence-electron chi connectivity index (χ0n) is 13.4. The molecule has 1 rings (SSSR count). The smallest absolute Gasteiger partial charge is 0.388 e. The Labute approximate surface area is 147 Å². The van der Waals surface area contributed by atoms with E-state index in [0.717, 1.165) is 11.8 Å². The first kappa shape index (κ1) is 22.0. The van der Waals surface area contributed by atoms with Crippen molar-refractivity contribution in [2.75, 3.05) is 5.75 Å². The van der Waals surface area contributed by atoms with Crippen molar-refractivity contribution in [3.8, 4) is 0 Å². The van der Waals surface area contributed by atoms with Crippen LogP contribution in [0.15, 0.2) is 25.3 Å². The Balaban J connectivity index is 2.92. The molecule has 0 saturated carbocycles. The van der Waals surface area contributed by atoms with Crippen LogP contribution in [0.5, 0.6) is 0 Å². The van der Waals surface area contributed by atoms with Crippen LogP contribution in [0.25, 0.3) is 0 Å². The Kier molecular flexibility index (Phi) is 8.42. The van der Waals surface area contributed by atoms with E-state index in [2.05, 4.69) is 13.2 Å². The second-order valence-electron chi connectivity index (χ2n) is 5.49. The van der Waals surface area contributed by atoms with Gasteiger partial charge in [0.25, 0.3) is 0 Å². The van der Waals surface area contributed by atoms with Crippen molar-refractivity contribution in [1.29, 1.82) is 0 Å². The van der Waals surface area contributed by atoms with E-state index in [4.69, 9.17) is 4.74 Å². The fourth-order valence-electron chi connectivity index (χ4n) is 2.32. The molecule has 0 aromatic heterocycles. The lowest BCUT2D eigenvalue weighted by molar-refractivity contribution is -0.208. The molecule has 1 amide bonds. The van der Waals surface area contributed by atoms with Crippen molar-refractivity contribution in [2.45, 2.75) is 54.9 Å². The van der Waals surface area contributed by atoms with Crippen molar-refractivity contribution in [3.63, 3.8) is 0 Å². The number of thioether (sulfide) groups is 1. The summed E-state index contributed by atoms with van der Waals surface area (Å²) in [5.74, 6) is -1.70. The Hall–Kier alpha value is -1.07. The molecule has 0 spiro atoms. The molecule has 0 radical (unpaired) electrons. The van der Waals surface area contributed by atoms with Crippen molar-refractivity contribution in [2.24, 2.45) is 0 Å². The molecular formula is C15H22F3NO5S. The number of hydrogen-bond donors (Lipinski definition) is 4. The largest absolute Gasteiger partial charge is 0.471 e. The van der Waals surface area contributed by atoms with E-state index in [1.54, 1.807) is 11.4 Å². The number of aliphatic hydroxyl groups is 3. The van der Waals surface area contributed by atoms with Crippen molar-refractivity contribution >= 4 is 17.7 Å². The molecule has 4 N–H and O–H groups in total. The molecule has 25 heavy (non-hydrogen) atoms. The lowest BCUT2D eigenvalue weighted by Gasteiger charge is -2.43. The molecule has 0 aromatic rings. The van der Waals surface area contributed by atoms with E-state index in [1.165, 1.54) is 6.08 Å². The van der Waals surface area contributed by atoms with Crippen LogP contribution in [-0.4, -0.2) is 69.0 Å². The molecule has 1 saturated heterocycles. The zero-order chi connectivity index (χ0) is 19.2. The number of carbonyl (C=O) groups excluding carboxylic acids is 1. The van der Waals surface area contributed by atoms with Gasteiger partial charge in [0.1, 0.15) is 29.9 Å². The second-order valence-corrected chi connectivity index (χ2v) is 6.70. The number of halogens is 3. The first-order valence-corrected chi connectivity index (χ1v) is 8.59. The van der Waals surface area contributed by atoms with Gasteiger partial charge in [-0.05, 0) is 18.6 Å². The fraction of sp³-hybridized carbons (Fsp3) is 0.667. The van der Waals surface area contributed by atoms with Crippen LogP contribution >= 0.6 is 11.8 Å². The first-order chi connectivity index (χ1) is 11.6. The number of ether oxygens (including phenoxy) is 1. The normalized spacial score (nSPS) is 31.2. The topological polar surface area (TPSA) is 99.0 Å². The maximum absolute atomic E-state index is 12.5. The lowest BCUT2D eigenvalue weighted by Crippen LogP contribution is -2.63. The van der Waals surface area contributed by atoms with Crippen LogP contribution < -0.4 is 5.32 Å². The minimum Gasteiger partial charge on any atom is -0.388 e. The highest BCUT2D eigenvalue weighted by atomic mass is 32.2. The second kappa shape index (κ2) is 9.58. The number of allylic oxidation sites excluding steroid dienone is 1. The molecule has 0 aliphatic carbocycles. The summed E-state index contributed by atoms with van der Waals surface area (Å²) in [5.41, 5.74) is -0.974. The molecule has 1 heterocycles. The van der Waals surface area contributed by atoms with Gasteiger partial charge >= 0.3 is 12.1 Å². The molecule has 0 unspecified atom stereocenters. The van der Waals surface area contributed by atoms with Crippen LogP contribution in [-0.2, 0) is 9.53 Å². The molecule has 1 aliphatic heterocycles. The quantitative estimate of drug-likeness (QED) is 0.363. The SMILES string of the molecule is C=CCCS[C@H]1O[C@H]([C@@H](CC=C)NC(=O)C(F)(F)F)[C@H](O)[C@H](O)[C@H]1O. The van der Waals surface area contributed by atoms with Crippen LogP contribution in [0, 0.1) is 0 Å². The van der Waals surface area contributed by atoms with Crippen LogP contribution in [0.3, 0.4) is 0 Å². The summed E-state index contributed by atoms with van der Waals surface area (Å²) in [5, 5.41) is 31.8. The third-order valence-corrected chi connectivity index (χ3v) is 4.79. The molecule has 10 heteroatoms. The van der Waals surface area contributed by atoms with Gasteiger partial charge in [-0.2, -0.15) is 13.2 Å². The van der Waals surface area contributed by atoms with Crippen molar-refractivity contribution in [3.05, 3.63) is 25.3 Å². The third kappa shape index (κ3) is 6.00. The summed E-state index contributed by atoms with van der Waals surface area (Å²) in [7, 11) is 0. The van der Waals surface area contributed by atoms with E-state index >= 15 is 0 Å². The summed E-state index contributed by atoms with van der Waals surface area (Å²) in [6, 6.07) is -1.27. The number of rotatable bonds is 8. The molecule has 0 bridgehead atoms. The van der Waals surface area contributed by atoms with Gasteiger partial charge in [-0.15, -0.1) is 24.9 Å². The van der Waals surface area contributed by atoms with Crippen LogP contribution in [0.2, 0.25) is 0 Å². The van der Waals surface area contributed by atoms with Crippen LogP contribution in [0.4, 0.5) is 13.2 Å². The number of carbonyl (C=O) groups is 1. The Morgan fingerprint density at radius 3 is 2.36 bits per heavy atom. The summed E-state index contributed by atoms with van der Waals surface area (Å²) in [6.07, 6.45) is -7.83. The molecule has 6 atom stereocenters. The monoisotopic (exact) mass is 385 g/mol. The standard InChI is InChI=1S/C15H22F3NO5S/c1-3-5-7-25-13-11(22)9(20)10(21)12(24-13)8(6-4-2)19-14(23)15(16,17)18/h3-4,8-13,20-22H,1-2,5-7H2,(H,19,23)/t8-,9+,10-,11-,12-,13-/m1/s1. The van der Waals surface area contributed by atoms with Gasteiger partial charge in [-0.25, -0.2) is 0 Å². The first-order valence-electron chi connectivity index (χ1n) is 7.54. The van der Waals surface area contributed by atoms with Gasteiger partial charge in [0.15, 0.2) is 0 Å². The van der Waals surface area contributed by atoms with E-state index in [1.807, 2.05) is 0 Å². The van der Waals surface area contributed by atoms with Gasteiger partial charge in [-0.3, -0.25) is 4.79 Å². The lowest BCUT2D eigenvalue weighted by atomic mass is 9.93. The Morgan fingerprint density at radius 2 is 1.84 bits per heavy atom. The summed E-state index contributed by atoms with van der Waals surface area (Å²) in [4.78, 5) is 11.2. The maximum Gasteiger partial charge on any atom is 0.471 e. The minimum absolute atomic E-state index is 0.129. The van der Waals surface area contributed by atoms with Gasteiger partial charge in [-0.1, -0.05) is 12.2 Å². The molecule has 144 valence electrons. The highest BCUT2D eigenvalue weighted by Crippen LogP contribution is 2.31. The molecule has 1 fully saturated rings. The fourth-order valence-corrected chi connectivity index (χ4v) is 3.42. The Bertz CT molecular complexity index is 477. The molecular weight excluding hydrogens is 363 g/mol. The number of alkyl halides is 3. The Morgan fingerprint density at radius 1 is 1.20 bits per heavy atom.